The van der Waals surface area contributed by atoms with Crippen LogP contribution in [-0.4, -0.2) is 41.7 Å². The van der Waals surface area contributed by atoms with Crippen molar-refractivity contribution in [3.63, 3.8) is 0 Å². The number of benzene rings is 2. The van der Waals surface area contributed by atoms with Crippen molar-refractivity contribution in [2.45, 2.75) is 66.4 Å². The van der Waals surface area contributed by atoms with Crippen LogP contribution in [0, 0.1) is 20.8 Å². The van der Waals surface area contributed by atoms with Crippen molar-refractivity contribution >= 4 is 17.3 Å². The number of rotatable bonds is 6. The molecule has 2 aromatic carbocycles. The summed E-state index contributed by atoms with van der Waals surface area (Å²) in [6.45, 7) is 15.2. The number of carbonyl (C=O) groups excluding carboxylic acids is 1. The lowest BCUT2D eigenvalue weighted by atomic mass is 9.94. The molecule has 1 aromatic heterocycles. The molecular formula is C31H39N3O2. The highest BCUT2D eigenvalue weighted by molar-refractivity contribution is 6.12. The highest BCUT2D eigenvalue weighted by Crippen LogP contribution is 2.37. The monoisotopic (exact) mass is 485 g/mol. The van der Waals surface area contributed by atoms with Gasteiger partial charge in [0, 0.05) is 37.8 Å². The number of pyridine rings is 1. The number of amides is 1. The summed E-state index contributed by atoms with van der Waals surface area (Å²) in [5, 5.41) is 10.6. The average molecular weight is 486 g/mol. The van der Waals surface area contributed by atoms with Crippen LogP contribution < -0.4 is 9.80 Å². The summed E-state index contributed by atoms with van der Waals surface area (Å²) in [5.74, 6) is 0.352. The molecule has 5 heteroatoms. The molecule has 190 valence electrons. The number of aliphatic hydroxyl groups is 1. The fourth-order valence-corrected chi connectivity index (χ4v) is 5.27. The van der Waals surface area contributed by atoms with Crippen LogP contribution in [0.25, 0.3) is 11.3 Å². The molecule has 1 amide bonds. The normalized spacial score (nSPS) is 13.8. The van der Waals surface area contributed by atoms with E-state index in [9.17, 15) is 9.90 Å². The third-order valence-electron chi connectivity index (χ3n) is 7.07. The zero-order chi connectivity index (χ0) is 26.4. The molecule has 36 heavy (non-hydrogen) atoms. The van der Waals surface area contributed by atoms with Crippen molar-refractivity contribution in [3.8, 4) is 11.3 Å². The van der Waals surface area contributed by atoms with Crippen LogP contribution in [0.3, 0.4) is 0 Å². The van der Waals surface area contributed by atoms with Crippen LogP contribution >= 0.6 is 0 Å². The second-order valence-corrected chi connectivity index (χ2v) is 11.2. The first-order valence-corrected chi connectivity index (χ1v) is 12.8. The Bertz CT molecular complexity index is 1280. The Balaban J connectivity index is 1.88. The van der Waals surface area contributed by atoms with Crippen LogP contribution in [0.1, 0.15) is 71.9 Å². The van der Waals surface area contributed by atoms with E-state index < -0.39 is 5.60 Å². The number of hydrogen-bond donors (Lipinski definition) is 1. The summed E-state index contributed by atoms with van der Waals surface area (Å²) < 4.78 is 0. The SMILES string of the molecule is Cc1ccc(C(C)C)cc1N1CCc2nc(-c3c(C)cccc3C)cc(N(C)CC(C)(C)O)c2C1=O. The summed E-state index contributed by atoms with van der Waals surface area (Å²) in [4.78, 5) is 23.1. The molecular weight excluding hydrogens is 446 g/mol. The summed E-state index contributed by atoms with van der Waals surface area (Å²) in [5.41, 5.74) is 8.92. The molecule has 1 N–H and O–H groups in total. The molecule has 1 aliphatic heterocycles. The van der Waals surface area contributed by atoms with Gasteiger partial charge in [0.25, 0.3) is 5.91 Å². The van der Waals surface area contributed by atoms with E-state index in [2.05, 4.69) is 71.0 Å². The van der Waals surface area contributed by atoms with Gasteiger partial charge in [-0.2, -0.15) is 0 Å². The highest BCUT2D eigenvalue weighted by atomic mass is 16.3. The summed E-state index contributed by atoms with van der Waals surface area (Å²) in [7, 11) is 1.94. The Morgan fingerprint density at radius 2 is 1.69 bits per heavy atom. The minimum atomic E-state index is -0.913. The van der Waals surface area contributed by atoms with E-state index in [1.54, 1.807) is 13.8 Å². The molecule has 0 atom stereocenters. The van der Waals surface area contributed by atoms with Crippen LogP contribution in [0.5, 0.6) is 0 Å². The Morgan fingerprint density at radius 1 is 1.03 bits per heavy atom. The Kier molecular flexibility index (Phi) is 6.98. The number of hydrogen-bond acceptors (Lipinski definition) is 4. The maximum atomic E-state index is 14.1. The third kappa shape index (κ3) is 5.03. The molecule has 0 saturated heterocycles. The Labute approximate surface area is 215 Å². The molecule has 0 fully saturated rings. The lowest BCUT2D eigenvalue weighted by Crippen LogP contribution is -2.42. The van der Waals surface area contributed by atoms with E-state index in [1.165, 1.54) is 5.56 Å². The van der Waals surface area contributed by atoms with Crippen molar-refractivity contribution in [2.24, 2.45) is 0 Å². The second-order valence-electron chi connectivity index (χ2n) is 11.2. The first kappa shape index (κ1) is 25.9. The molecule has 1 aliphatic rings. The summed E-state index contributed by atoms with van der Waals surface area (Å²) >= 11 is 0. The van der Waals surface area contributed by atoms with Crippen LogP contribution in [0.15, 0.2) is 42.5 Å². The lowest BCUT2D eigenvalue weighted by Gasteiger charge is -2.35. The number of carbonyl (C=O) groups is 1. The molecule has 2 heterocycles. The zero-order valence-corrected chi connectivity index (χ0v) is 22.9. The van der Waals surface area contributed by atoms with Crippen molar-refractivity contribution < 1.29 is 9.90 Å². The smallest absolute Gasteiger partial charge is 0.262 e. The fourth-order valence-electron chi connectivity index (χ4n) is 5.27. The van der Waals surface area contributed by atoms with E-state index in [-0.39, 0.29) is 5.91 Å². The van der Waals surface area contributed by atoms with Crippen molar-refractivity contribution in [3.05, 3.63) is 76.0 Å². The van der Waals surface area contributed by atoms with E-state index in [1.807, 2.05) is 22.9 Å². The molecule has 4 rings (SSSR count). The largest absolute Gasteiger partial charge is 0.389 e. The molecule has 0 bridgehead atoms. The minimum absolute atomic E-state index is 0.0293. The lowest BCUT2D eigenvalue weighted by molar-refractivity contribution is 0.0881. The predicted molar refractivity (Wildman–Crippen MR) is 149 cm³/mol. The summed E-state index contributed by atoms with van der Waals surface area (Å²) in [6, 6.07) is 14.7. The van der Waals surface area contributed by atoms with Crippen molar-refractivity contribution in [1.29, 1.82) is 0 Å². The van der Waals surface area contributed by atoms with Gasteiger partial charge in [0.2, 0.25) is 0 Å². The fraction of sp³-hybridized carbons (Fsp3) is 0.419. The van der Waals surface area contributed by atoms with Crippen LogP contribution in [0.2, 0.25) is 0 Å². The maximum absolute atomic E-state index is 14.1. The van der Waals surface area contributed by atoms with Gasteiger partial charge in [-0.05, 0) is 74.9 Å². The van der Waals surface area contributed by atoms with Gasteiger partial charge in [0.1, 0.15) is 0 Å². The molecule has 0 saturated carbocycles. The molecule has 0 spiro atoms. The van der Waals surface area contributed by atoms with Gasteiger partial charge in [0.15, 0.2) is 0 Å². The minimum Gasteiger partial charge on any atom is -0.389 e. The number of fused-ring (bicyclic) bond motifs is 1. The topological polar surface area (TPSA) is 56.7 Å². The molecule has 5 nitrogen and oxygen atoms in total. The first-order chi connectivity index (χ1) is 16.9. The van der Waals surface area contributed by atoms with E-state index in [4.69, 9.17) is 4.98 Å². The zero-order valence-electron chi connectivity index (χ0n) is 22.9. The number of aromatic nitrogens is 1. The van der Waals surface area contributed by atoms with Crippen molar-refractivity contribution in [1.82, 2.24) is 4.98 Å². The molecule has 3 aromatic rings. The van der Waals surface area contributed by atoms with Crippen LogP contribution in [-0.2, 0) is 6.42 Å². The standard InChI is InChI=1S/C31H39N3O2/c1-19(2)23-13-12-20(3)26(16-23)34-15-14-24-29(30(34)35)27(33(8)18-31(6,7)36)17-25(32-24)28-21(4)10-9-11-22(28)5/h9-13,16-17,19,36H,14-15,18H2,1-8H3. The van der Waals surface area contributed by atoms with E-state index >= 15 is 0 Å². The number of aryl methyl sites for hydroxylation is 3. The average Bonchev–Trinajstić information content (AvgIpc) is 2.78. The van der Waals surface area contributed by atoms with Gasteiger partial charge in [0.05, 0.1) is 28.2 Å². The third-order valence-corrected chi connectivity index (χ3v) is 7.07. The second kappa shape index (κ2) is 9.70. The van der Waals surface area contributed by atoms with Gasteiger partial charge in [-0.3, -0.25) is 9.78 Å². The first-order valence-electron chi connectivity index (χ1n) is 12.8. The van der Waals surface area contributed by atoms with Crippen LogP contribution in [0.4, 0.5) is 11.4 Å². The molecule has 0 aliphatic carbocycles. The molecule has 0 unspecified atom stereocenters. The maximum Gasteiger partial charge on any atom is 0.262 e. The predicted octanol–water partition coefficient (Wildman–Crippen LogP) is 6.21. The number of anilines is 2. The van der Waals surface area contributed by atoms with Gasteiger partial charge in [-0.15, -0.1) is 0 Å². The van der Waals surface area contributed by atoms with E-state index in [0.29, 0.717) is 31.0 Å². The van der Waals surface area contributed by atoms with E-state index in [0.717, 1.165) is 45.0 Å². The highest BCUT2D eigenvalue weighted by Gasteiger charge is 2.33. The van der Waals surface area contributed by atoms with Gasteiger partial charge in [-0.25, -0.2) is 0 Å². The van der Waals surface area contributed by atoms with Crippen molar-refractivity contribution in [2.75, 3.05) is 29.9 Å². The van der Waals surface area contributed by atoms with Gasteiger partial charge < -0.3 is 14.9 Å². The molecule has 0 radical (unpaired) electrons. The quantitative estimate of drug-likeness (QED) is 0.451. The van der Waals surface area contributed by atoms with Gasteiger partial charge >= 0.3 is 0 Å². The Morgan fingerprint density at radius 3 is 2.31 bits per heavy atom. The Hall–Kier alpha value is -3.18. The number of likely N-dealkylation sites (N-methyl/N-ethyl adjacent to an activating group) is 1. The number of nitrogens with zero attached hydrogens (tertiary/aromatic N) is 3. The summed E-state index contributed by atoms with van der Waals surface area (Å²) in [6.07, 6.45) is 0.675. The van der Waals surface area contributed by atoms with Gasteiger partial charge in [-0.1, -0.05) is 44.2 Å².